The first-order valence-electron chi connectivity index (χ1n) is 4.73. The third-order valence-corrected chi connectivity index (χ3v) is 3.36. The van der Waals surface area contributed by atoms with Crippen molar-refractivity contribution >= 4 is 27.7 Å². The third-order valence-electron chi connectivity index (χ3n) is 2.26. The van der Waals surface area contributed by atoms with Crippen molar-refractivity contribution in [1.29, 1.82) is 0 Å². The number of aromatic hydroxyl groups is 1. The summed E-state index contributed by atoms with van der Waals surface area (Å²) in [6.07, 6.45) is -1.78. The highest BCUT2D eigenvalue weighted by Gasteiger charge is 2.27. The average Bonchev–Trinajstić information content (AvgIpc) is 2.26. The minimum absolute atomic E-state index is 0.00502. The molecule has 0 aliphatic heterocycles. The molecule has 5 nitrogen and oxygen atoms in total. The number of aliphatic hydroxyl groups is 1. The highest BCUT2D eigenvalue weighted by Crippen LogP contribution is 2.36. The van der Waals surface area contributed by atoms with Crippen LogP contribution in [0.5, 0.6) is 5.75 Å². The molecule has 0 spiro atoms. The lowest BCUT2D eigenvalue weighted by molar-refractivity contribution is -0.147. The Morgan fingerprint density at radius 2 is 1.94 bits per heavy atom. The molecule has 3 N–H and O–H groups in total. The summed E-state index contributed by atoms with van der Waals surface area (Å²) in [5.41, 5.74) is 0.0736. The number of ketones is 1. The smallest absolute Gasteiger partial charge is 0.337 e. The molecule has 2 atom stereocenters. The van der Waals surface area contributed by atoms with E-state index in [0.717, 1.165) is 0 Å². The van der Waals surface area contributed by atoms with E-state index < -0.39 is 16.9 Å². The molecule has 0 aliphatic rings. The number of alkyl halides is 1. The van der Waals surface area contributed by atoms with Crippen LogP contribution in [0.1, 0.15) is 29.0 Å². The average molecular weight is 303 g/mol. The predicted molar refractivity (Wildman–Crippen MR) is 63.1 cm³/mol. The predicted octanol–water partition coefficient (Wildman–Crippen LogP) is 1.54. The topological polar surface area (TPSA) is 94.8 Å². The second kappa shape index (κ2) is 5.29. The fourth-order valence-corrected chi connectivity index (χ4v) is 1.92. The molecule has 0 heterocycles. The number of aliphatic hydroxyl groups excluding tert-OH is 1. The van der Waals surface area contributed by atoms with Crippen molar-refractivity contribution in [2.45, 2.75) is 17.9 Å². The number of halogens is 1. The number of aliphatic carboxylic acids is 1. The van der Waals surface area contributed by atoms with Crippen molar-refractivity contribution in [2.75, 3.05) is 0 Å². The SMILES string of the molecule is CC(=O)C(Br)c1c(O)cccc1C(O)C(=O)O. The molecule has 0 fully saturated rings. The van der Waals surface area contributed by atoms with Gasteiger partial charge in [-0.3, -0.25) is 4.79 Å². The fourth-order valence-electron chi connectivity index (χ4n) is 1.42. The number of carboxylic acids is 1. The largest absolute Gasteiger partial charge is 0.508 e. The molecule has 1 aromatic carbocycles. The van der Waals surface area contributed by atoms with Crippen LogP contribution in [0.2, 0.25) is 0 Å². The molecule has 92 valence electrons. The summed E-state index contributed by atoms with van der Waals surface area (Å²) in [7, 11) is 0. The molecule has 0 saturated carbocycles. The summed E-state index contributed by atoms with van der Waals surface area (Å²) in [5, 5.41) is 27.9. The van der Waals surface area contributed by atoms with E-state index >= 15 is 0 Å². The van der Waals surface area contributed by atoms with Gasteiger partial charge in [-0.15, -0.1) is 0 Å². The number of phenols is 1. The quantitative estimate of drug-likeness (QED) is 0.733. The third kappa shape index (κ3) is 2.83. The van der Waals surface area contributed by atoms with Crippen LogP contribution in [0.4, 0.5) is 0 Å². The minimum atomic E-state index is -1.78. The van der Waals surface area contributed by atoms with E-state index in [1.54, 1.807) is 0 Å². The maximum absolute atomic E-state index is 11.3. The van der Waals surface area contributed by atoms with Crippen LogP contribution in [-0.4, -0.2) is 27.1 Å². The molecule has 0 amide bonds. The van der Waals surface area contributed by atoms with Crippen LogP contribution < -0.4 is 0 Å². The van der Waals surface area contributed by atoms with Gasteiger partial charge in [0.15, 0.2) is 6.10 Å². The number of carbonyl (C=O) groups excluding carboxylic acids is 1. The Bertz CT molecular complexity index is 457. The Hall–Kier alpha value is -1.40. The molecule has 0 saturated heterocycles. The Labute approximate surface area is 106 Å². The second-order valence-corrected chi connectivity index (χ2v) is 4.41. The zero-order chi connectivity index (χ0) is 13.2. The molecule has 1 aromatic rings. The minimum Gasteiger partial charge on any atom is -0.508 e. The summed E-state index contributed by atoms with van der Waals surface area (Å²) in [6, 6.07) is 4.08. The fraction of sp³-hybridized carbons (Fsp3) is 0.273. The zero-order valence-electron chi connectivity index (χ0n) is 8.92. The Kier molecular flexibility index (Phi) is 4.25. The Balaban J connectivity index is 3.36. The number of hydrogen-bond donors (Lipinski definition) is 3. The van der Waals surface area contributed by atoms with E-state index in [1.165, 1.54) is 25.1 Å². The van der Waals surface area contributed by atoms with Crippen LogP contribution >= 0.6 is 15.9 Å². The Morgan fingerprint density at radius 1 is 1.35 bits per heavy atom. The molecule has 0 aliphatic carbocycles. The van der Waals surface area contributed by atoms with Gasteiger partial charge in [0, 0.05) is 11.1 Å². The van der Waals surface area contributed by atoms with Crippen LogP contribution in [-0.2, 0) is 9.59 Å². The van der Waals surface area contributed by atoms with E-state index in [2.05, 4.69) is 15.9 Å². The number of carboxylic acid groups (broad SMARTS) is 1. The van der Waals surface area contributed by atoms with Gasteiger partial charge < -0.3 is 15.3 Å². The van der Waals surface area contributed by atoms with Gasteiger partial charge in [-0.2, -0.15) is 0 Å². The van der Waals surface area contributed by atoms with Gasteiger partial charge in [0.05, 0.1) is 0 Å². The zero-order valence-corrected chi connectivity index (χ0v) is 10.5. The van der Waals surface area contributed by atoms with Gasteiger partial charge >= 0.3 is 5.97 Å². The van der Waals surface area contributed by atoms with E-state index in [4.69, 9.17) is 5.11 Å². The van der Waals surface area contributed by atoms with Gasteiger partial charge in [0.25, 0.3) is 0 Å². The van der Waals surface area contributed by atoms with Crippen molar-refractivity contribution in [3.05, 3.63) is 29.3 Å². The lowest BCUT2D eigenvalue weighted by Gasteiger charge is -2.16. The maximum atomic E-state index is 11.3. The highest BCUT2D eigenvalue weighted by molar-refractivity contribution is 9.09. The molecule has 0 bridgehead atoms. The number of Topliss-reactive ketones (excluding diaryl/α,β-unsaturated/α-hetero) is 1. The number of rotatable bonds is 4. The van der Waals surface area contributed by atoms with Gasteiger partial charge in [-0.05, 0) is 13.0 Å². The first-order valence-corrected chi connectivity index (χ1v) is 5.65. The van der Waals surface area contributed by atoms with Crippen molar-refractivity contribution in [3.8, 4) is 5.75 Å². The molecule has 2 unspecified atom stereocenters. The summed E-state index contributed by atoms with van der Waals surface area (Å²) in [5.74, 6) is -1.98. The van der Waals surface area contributed by atoms with Gasteiger partial charge in [0.1, 0.15) is 16.4 Å². The summed E-state index contributed by atoms with van der Waals surface area (Å²) in [6.45, 7) is 1.29. The van der Waals surface area contributed by atoms with E-state index in [0.29, 0.717) is 0 Å². The van der Waals surface area contributed by atoms with E-state index in [9.17, 15) is 19.8 Å². The summed E-state index contributed by atoms with van der Waals surface area (Å²) in [4.78, 5) is 21.1. The van der Waals surface area contributed by atoms with Crippen molar-refractivity contribution in [3.63, 3.8) is 0 Å². The highest BCUT2D eigenvalue weighted by atomic mass is 79.9. The van der Waals surface area contributed by atoms with Gasteiger partial charge in [-0.25, -0.2) is 4.79 Å². The Morgan fingerprint density at radius 3 is 2.41 bits per heavy atom. The lowest BCUT2D eigenvalue weighted by atomic mass is 9.97. The summed E-state index contributed by atoms with van der Waals surface area (Å²) >= 11 is 3.06. The molecule has 6 heteroatoms. The first-order chi connectivity index (χ1) is 7.86. The van der Waals surface area contributed by atoms with Crippen molar-refractivity contribution in [2.24, 2.45) is 0 Å². The molecule has 0 aromatic heterocycles. The number of carbonyl (C=O) groups is 2. The van der Waals surface area contributed by atoms with Gasteiger partial charge in [0.2, 0.25) is 0 Å². The maximum Gasteiger partial charge on any atom is 0.337 e. The van der Waals surface area contributed by atoms with Crippen molar-refractivity contribution < 1.29 is 24.9 Å². The molecule has 17 heavy (non-hydrogen) atoms. The summed E-state index contributed by atoms with van der Waals surface area (Å²) < 4.78 is 0. The van der Waals surface area contributed by atoms with Crippen LogP contribution in [0.25, 0.3) is 0 Å². The number of benzene rings is 1. The normalized spacial score (nSPS) is 14.1. The molecular weight excluding hydrogens is 292 g/mol. The van der Waals surface area contributed by atoms with Crippen LogP contribution in [0.15, 0.2) is 18.2 Å². The number of phenolic OH excluding ortho intramolecular Hbond substituents is 1. The van der Waals surface area contributed by atoms with Crippen LogP contribution in [0, 0.1) is 0 Å². The first kappa shape index (κ1) is 13.7. The van der Waals surface area contributed by atoms with Crippen molar-refractivity contribution in [1.82, 2.24) is 0 Å². The van der Waals surface area contributed by atoms with E-state index in [-0.39, 0.29) is 22.7 Å². The molecule has 1 rings (SSSR count). The van der Waals surface area contributed by atoms with Gasteiger partial charge in [-0.1, -0.05) is 28.1 Å². The van der Waals surface area contributed by atoms with E-state index in [1.807, 2.05) is 0 Å². The monoisotopic (exact) mass is 302 g/mol. The second-order valence-electron chi connectivity index (χ2n) is 3.49. The standard InChI is InChI=1S/C11H11BrO5/c1-5(13)9(12)8-6(10(15)11(16)17)3-2-4-7(8)14/h2-4,9-10,14-15H,1H3,(H,16,17). The number of hydrogen-bond acceptors (Lipinski definition) is 4. The molecule has 0 radical (unpaired) electrons. The molecular formula is C11H11BrO5. The van der Waals surface area contributed by atoms with Crippen LogP contribution in [0.3, 0.4) is 0 Å². The lowest BCUT2D eigenvalue weighted by Crippen LogP contribution is -2.15.